The molecule has 1 atom stereocenters. The quantitative estimate of drug-likeness (QED) is 0.861. The zero-order chi connectivity index (χ0) is 18.5. The Kier molecular flexibility index (Phi) is 6.27. The minimum absolute atomic E-state index is 0.0351. The van der Waals surface area contributed by atoms with Crippen molar-refractivity contribution in [3.05, 3.63) is 35.4 Å². The van der Waals surface area contributed by atoms with Crippen LogP contribution in [0, 0.1) is 6.92 Å². The molecular formula is C20H29N3O3. The summed E-state index contributed by atoms with van der Waals surface area (Å²) >= 11 is 0. The number of hydrogen-bond acceptors (Lipinski definition) is 4. The van der Waals surface area contributed by atoms with E-state index in [2.05, 4.69) is 41.4 Å². The van der Waals surface area contributed by atoms with Crippen LogP contribution in [0.15, 0.2) is 24.3 Å². The van der Waals surface area contributed by atoms with Crippen LogP contribution < -0.4 is 5.32 Å². The van der Waals surface area contributed by atoms with Gasteiger partial charge in [0.05, 0.1) is 12.5 Å². The van der Waals surface area contributed by atoms with Gasteiger partial charge in [-0.1, -0.05) is 29.8 Å². The maximum absolute atomic E-state index is 12.8. The fourth-order valence-electron chi connectivity index (χ4n) is 3.69. The molecule has 1 aromatic rings. The molecule has 2 fully saturated rings. The molecule has 0 aromatic heterocycles. The first-order valence-electron chi connectivity index (χ1n) is 9.45. The maximum Gasteiger partial charge on any atom is 0.237 e. The summed E-state index contributed by atoms with van der Waals surface area (Å²) in [5, 5.41) is 2.91. The molecule has 142 valence electrons. The molecule has 2 aliphatic heterocycles. The first-order chi connectivity index (χ1) is 12.5. The molecule has 0 spiro atoms. The molecule has 0 saturated carbocycles. The van der Waals surface area contributed by atoms with E-state index in [0.29, 0.717) is 26.3 Å². The van der Waals surface area contributed by atoms with Crippen molar-refractivity contribution in [3.8, 4) is 0 Å². The summed E-state index contributed by atoms with van der Waals surface area (Å²) in [5.41, 5.74) is 2.38. The second-order valence-electron chi connectivity index (χ2n) is 7.32. The Morgan fingerprint density at radius 3 is 2.65 bits per heavy atom. The summed E-state index contributed by atoms with van der Waals surface area (Å²) in [4.78, 5) is 29.2. The molecule has 1 N–H and O–H groups in total. The van der Waals surface area contributed by atoms with Crippen LogP contribution in [-0.4, -0.2) is 67.0 Å². The zero-order valence-corrected chi connectivity index (χ0v) is 15.7. The van der Waals surface area contributed by atoms with Crippen LogP contribution in [0.1, 0.15) is 30.4 Å². The minimum Gasteiger partial charge on any atom is -0.381 e. The standard InChI is InChI=1S/C20H29N3O3/c1-15-3-5-16(6-4-15)14-23-10-9-21-20(25)18(23)13-19(24)22(2)17-7-11-26-12-8-17/h3-6,17-18H,7-14H2,1-2H3,(H,21,25)/t18-/m0/s1. The van der Waals surface area contributed by atoms with E-state index in [4.69, 9.17) is 4.74 Å². The number of nitrogens with zero attached hydrogens (tertiary/aromatic N) is 2. The van der Waals surface area contributed by atoms with Crippen LogP contribution in [0.2, 0.25) is 0 Å². The Bertz CT molecular complexity index is 626. The molecule has 26 heavy (non-hydrogen) atoms. The molecular weight excluding hydrogens is 330 g/mol. The summed E-state index contributed by atoms with van der Waals surface area (Å²) < 4.78 is 5.38. The number of carbonyl (C=O) groups is 2. The Hall–Kier alpha value is -1.92. The lowest BCUT2D eigenvalue weighted by Crippen LogP contribution is -2.56. The average Bonchev–Trinajstić information content (AvgIpc) is 2.66. The highest BCUT2D eigenvalue weighted by atomic mass is 16.5. The van der Waals surface area contributed by atoms with Gasteiger partial charge in [-0.2, -0.15) is 0 Å². The summed E-state index contributed by atoms with van der Waals surface area (Å²) in [6.45, 7) is 5.54. The molecule has 0 unspecified atom stereocenters. The highest BCUT2D eigenvalue weighted by Crippen LogP contribution is 2.18. The average molecular weight is 359 g/mol. The van der Waals surface area contributed by atoms with Crippen molar-refractivity contribution in [2.24, 2.45) is 0 Å². The van der Waals surface area contributed by atoms with E-state index in [1.807, 2.05) is 11.9 Å². The van der Waals surface area contributed by atoms with Crippen molar-refractivity contribution in [1.29, 1.82) is 0 Å². The number of rotatable bonds is 5. The Morgan fingerprint density at radius 1 is 1.27 bits per heavy atom. The van der Waals surface area contributed by atoms with Crippen LogP contribution in [0.3, 0.4) is 0 Å². The Morgan fingerprint density at radius 2 is 1.96 bits per heavy atom. The van der Waals surface area contributed by atoms with Gasteiger partial charge in [-0.3, -0.25) is 14.5 Å². The largest absolute Gasteiger partial charge is 0.381 e. The summed E-state index contributed by atoms with van der Waals surface area (Å²) in [6, 6.07) is 8.16. The maximum atomic E-state index is 12.8. The van der Waals surface area contributed by atoms with Gasteiger partial charge in [0, 0.05) is 45.9 Å². The van der Waals surface area contributed by atoms with Gasteiger partial charge in [-0.25, -0.2) is 0 Å². The predicted octanol–water partition coefficient (Wildman–Crippen LogP) is 1.32. The Labute approximate surface area is 155 Å². The van der Waals surface area contributed by atoms with E-state index in [0.717, 1.165) is 19.4 Å². The molecule has 3 rings (SSSR count). The van der Waals surface area contributed by atoms with Gasteiger partial charge in [-0.15, -0.1) is 0 Å². The normalized spacial score (nSPS) is 22.1. The van der Waals surface area contributed by atoms with Crippen molar-refractivity contribution in [1.82, 2.24) is 15.1 Å². The van der Waals surface area contributed by atoms with E-state index in [1.54, 1.807) is 0 Å². The molecule has 2 aliphatic rings. The summed E-state index contributed by atoms with van der Waals surface area (Å²) in [6.07, 6.45) is 1.96. The van der Waals surface area contributed by atoms with Gasteiger partial charge in [-0.05, 0) is 25.3 Å². The molecule has 1 aromatic carbocycles. The van der Waals surface area contributed by atoms with Gasteiger partial charge < -0.3 is 15.0 Å². The van der Waals surface area contributed by atoms with E-state index < -0.39 is 6.04 Å². The number of aryl methyl sites for hydroxylation is 1. The lowest BCUT2D eigenvalue weighted by atomic mass is 10.0. The van der Waals surface area contributed by atoms with E-state index in [-0.39, 0.29) is 24.3 Å². The molecule has 0 aliphatic carbocycles. The SMILES string of the molecule is Cc1ccc(CN2CCNC(=O)[C@@H]2CC(=O)N(C)C2CCOCC2)cc1. The smallest absolute Gasteiger partial charge is 0.237 e. The molecule has 2 amide bonds. The monoisotopic (exact) mass is 359 g/mol. The Balaban J connectivity index is 1.64. The number of benzene rings is 1. The highest BCUT2D eigenvalue weighted by Gasteiger charge is 2.33. The molecule has 6 heteroatoms. The zero-order valence-electron chi connectivity index (χ0n) is 15.7. The van der Waals surface area contributed by atoms with Gasteiger partial charge in [0.25, 0.3) is 0 Å². The van der Waals surface area contributed by atoms with Crippen LogP contribution in [0.4, 0.5) is 0 Å². The van der Waals surface area contributed by atoms with E-state index in [1.165, 1.54) is 11.1 Å². The highest BCUT2D eigenvalue weighted by molar-refractivity contribution is 5.88. The van der Waals surface area contributed by atoms with Gasteiger partial charge in [0.15, 0.2) is 0 Å². The second-order valence-corrected chi connectivity index (χ2v) is 7.32. The third-order valence-electron chi connectivity index (χ3n) is 5.45. The topological polar surface area (TPSA) is 61.9 Å². The molecule has 2 saturated heterocycles. The second kappa shape index (κ2) is 8.64. The predicted molar refractivity (Wildman–Crippen MR) is 99.6 cm³/mol. The fourth-order valence-corrected chi connectivity index (χ4v) is 3.69. The number of hydrogen-bond donors (Lipinski definition) is 1. The number of piperazine rings is 1. The van der Waals surface area contributed by atoms with Crippen molar-refractivity contribution >= 4 is 11.8 Å². The van der Waals surface area contributed by atoms with Crippen molar-refractivity contribution in [2.45, 2.75) is 44.8 Å². The van der Waals surface area contributed by atoms with E-state index in [9.17, 15) is 9.59 Å². The number of carbonyl (C=O) groups excluding carboxylic acids is 2. The summed E-state index contributed by atoms with van der Waals surface area (Å²) in [5.74, 6) is -0.00931. The van der Waals surface area contributed by atoms with Crippen molar-refractivity contribution in [2.75, 3.05) is 33.4 Å². The van der Waals surface area contributed by atoms with E-state index >= 15 is 0 Å². The minimum atomic E-state index is -0.403. The number of nitrogens with one attached hydrogen (secondary N) is 1. The molecule has 0 bridgehead atoms. The molecule has 2 heterocycles. The van der Waals surface area contributed by atoms with Crippen molar-refractivity contribution < 1.29 is 14.3 Å². The van der Waals surface area contributed by atoms with Gasteiger partial charge in [0.1, 0.15) is 0 Å². The van der Waals surface area contributed by atoms with Crippen LogP contribution in [-0.2, 0) is 20.9 Å². The van der Waals surface area contributed by atoms with Crippen LogP contribution >= 0.6 is 0 Å². The third kappa shape index (κ3) is 4.62. The van der Waals surface area contributed by atoms with Crippen LogP contribution in [0.25, 0.3) is 0 Å². The lowest BCUT2D eigenvalue weighted by molar-refractivity contribution is -0.140. The molecule has 0 radical (unpaired) electrons. The van der Waals surface area contributed by atoms with Gasteiger partial charge >= 0.3 is 0 Å². The fraction of sp³-hybridized carbons (Fsp3) is 0.600. The lowest BCUT2D eigenvalue weighted by Gasteiger charge is -2.37. The van der Waals surface area contributed by atoms with Crippen molar-refractivity contribution in [3.63, 3.8) is 0 Å². The molecule has 6 nitrogen and oxygen atoms in total. The van der Waals surface area contributed by atoms with Crippen LogP contribution in [0.5, 0.6) is 0 Å². The summed E-state index contributed by atoms with van der Waals surface area (Å²) in [7, 11) is 1.85. The van der Waals surface area contributed by atoms with Gasteiger partial charge in [0.2, 0.25) is 11.8 Å². The number of amides is 2. The number of ether oxygens (including phenoxy) is 1. The third-order valence-corrected chi connectivity index (χ3v) is 5.45. The first-order valence-corrected chi connectivity index (χ1v) is 9.45. The first kappa shape index (κ1) is 18.9.